The van der Waals surface area contributed by atoms with Gasteiger partial charge in [0.05, 0.1) is 66.4 Å². The van der Waals surface area contributed by atoms with Gasteiger partial charge in [-0.2, -0.15) is 0 Å². The molecule has 26 nitrogen and oxygen atoms in total. The van der Waals surface area contributed by atoms with Crippen molar-refractivity contribution >= 4 is 34.8 Å². The minimum Gasteiger partial charge on any atom is -0.475 e. The lowest BCUT2D eigenvalue weighted by Crippen LogP contribution is -2.48. The van der Waals surface area contributed by atoms with Gasteiger partial charge in [-0.05, 0) is 270 Å². The maximum atomic E-state index is 13.3. The zero-order valence-corrected chi connectivity index (χ0v) is 72.9. The number of ether oxygens (including phenoxy) is 4. The normalized spacial score (nSPS) is 20.1. The van der Waals surface area contributed by atoms with E-state index in [0.717, 1.165) is 159 Å². The number of hydrogen-bond acceptors (Lipinski definition) is 23. The van der Waals surface area contributed by atoms with E-state index in [4.69, 9.17) is 24.7 Å². The molecule has 0 aliphatic carbocycles. The van der Waals surface area contributed by atoms with E-state index in [1.807, 2.05) is 79.7 Å². The second kappa shape index (κ2) is 47.7. The van der Waals surface area contributed by atoms with Gasteiger partial charge in [-0.15, -0.1) is 0 Å². The molecule has 3 amide bonds. The molecule has 123 heavy (non-hydrogen) atoms. The SMILES string of the molecule is C.CC(C)Oc1ccc(C(O)[C@H](N)CN2CCCC2)cn1.CC(C)Oc1ccc([C@@H](O)[C@@H](CN2CCCC2)NC(=O)[C@@H]2CCN(c3ccc(F)cc3)C2)cn1.CC(C)Oc1ccc([C@@H](O)[C@@H](CN2CCCC2)NC(=O)[C@H]2CCN(c3ccc(F)cc3)C2)cn1.Cc1ccc(N2CCC(C(=O)N[C@H](CN3CCCC3)[C@H](O)c3ccc(OC(C)C)nc3)C2)cc1. The molecule has 7 aliphatic rings. The van der Waals surface area contributed by atoms with E-state index in [0.29, 0.717) is 79.5 Å². The predicted molar refractivity (Wildman–Crippen MR) is 478 cm³/mol. The van der Waals surface area contributed by atoms with Crippen LogP contribution in [0.5, 0.6) is 23.5 Å². The number of carbonyl (C=O) groups excluding carboxylic acids is 3. The molecule has 672 valence electrons. The molecular formula is C95H137F2N15O11. The number of hydrogen-bond donors (Lipinski definition) is 8. The predicted octanol–water partition coefficient (Wildman–Crippen LogP) is 11.6. The van der Waals surface area contributed by atoms with Gasteiger partial charge in [0.2, 0.25) is 41.2 Å². The molecule has 28 heteroatoms. The van der Waals surface area contributed by atoms with Gasteiger partial charge in [0.25, 0.3) is 0 Å². The van der Waals surface area contributed by atoms with Crippen LogP contribution in [0.3, 0.4) is 0 Å². The van der Waals surface area contributed by atoms with Crippen LogP contribution in [0.4, 0.5) is 25.8 Å². The van der Waals surface area contributed by atoms with Crippen LogP contribution >= 0.6 is 0 Å². The van der Waals surface area contributed by atoms with Crippen molar-refractivity contribution in [2.75, 3.05) is 133 Å². The standard InChI is InChI=1S/C27H38N4O3.2C26H35FN4O3.C15H25N3O2.CH4/c1-19(2)34-25-11-8-21(16-28-25)26(32)24(18-30-13-4-5-14-30)29-27(33)22-12-15-31(17-22)23-9-6-20(3)7-10-23;2*1-18(2)34-24-10-5-19(15-28-24)25(32)23(17-30-12-3-4-13-30)29-26(33)20-11-14-31(16-20)22-8-6-21(27)7-9-22;1-11(2)20-14-6-5-12(9-17-14)15(19)13(16)10-18-7-3-4-8-18;/h6-11,16,19,22,24,26,32H,4-5,12-15,17-18H2,1-3H3,(H,29,33);2*5-10,15,18,20,23,25,32H,3-4,11-14,16-17H2,1-2H3,(H,29,33);5-6,9,11,13,15,19H,3-4,7-8,10,16H2,1-2H3;1H4/t22?,24-,26-;20-,23+,25+;20-,23-,25-;13-,15?;/m1011./s1. The summed E-state index contributed by atoms with van der Waals surface area (Å²) >= 11 is 0. The van der Waals surface area contributed by atoms with E-state index < -0.39 is 42.5 Å². The van der Waals surface area contributed by atoms with Crippen LogP contribution in [0.25, 0.3) is 0 Å². The Morgan fingerprint density at radius 1 is 0.374 bits per heavy atom. The monoisotopic (exact) mass is 1700 g/mol. The molecule has 7 fully saturated rings. The van der Waals surface area contributed by atoms with Crippen molar-refractivity contribution in [2.45, 2.75) is 213 Å². The fraction of sp³-hybridized carbons (Fsp3) is 0.568. The quantitative estimate of drug-likeness (QED) is 0.0190. The zero-order valence-electron chi connectivity index (χ0n) is 72.9. The number of carbonyl (C=O) groups is 3. The largest absolute Gasteiger partial charge is 0.475 e. The van der Waals surface area contributed by atoms with E-state index in [2.05, 4.69) is 101 Å². The molecule has 9 N–H and O–H groups in total. The van der Waals surface area contributed by atoms with Crippen LogP contribution in [0.1, 0.15) is 186 Å². The van der Waals surface area contributed by atoms with Crippen LogP contribution in [-0.4, -0.2) is 244 Å². The molecule has 0 bridgehead atoms. The Balaban J connectivity index is 0.000000174. The summed E-state index contributed by atoms with van der Waals surface area (Å²) in [5.41, 5.74) is 13.1. The summed E-state index contributed by atoms with van der Waals surface area (Å²) in [6.45, 7) is 32.4. The minimum atomic E-state index is -0.875. The summed E-state index contributed by atoms with van der Waals surface area (Å²) in [7, 11) is 0. The Kier molecular flexibility index (Phi) is 37.3. The lowest BCUT2D eigenvalue weighted by Gasteiger charge is -2.29. The van der Waals surface area contributed by atoms with Crippen molar-refractivity contribution in [2.24, 2.45) is 23.5 Å². The van der Waals surface area contributed by atoms with Crippen molar-refractivity contribution in [1.29, 1.82) is 0 Å². The molecule has 2 unspecified atom stereocenters. The van der Waals surface area contributed by atoms with Crippen molar-refractivity contribution in [3.8, 4) is 23.5 Å². The molecule has 0 saturated carbocycles. The first-order valence-corrected chi connectivity index (χ1v) is 44.3. The smallest absolute Gasteiger partial charge is 0.225 e. The Bertz CT molecular complexity index is 3890. The van der Waals surface area contributed by atoms with Crippen LogP contribution < -0.4 is 55.3 Å². The number of nitrogens with two attached hydrogens (primary N) is 1. The van der Waals surface area contributed by atoms with Crippen LogP contribution in [0, 0.1) is 36.3 Å². The summed E-state index contributed by atoms with van der Waals surface area (Å²) in [4.78, 5) is 72.6. The number of aliphatic hydroxyl groups excluding tert-OH is 4. The lowest BCUT2D eigenvalue weighted by molar-refractivity contribution is -0.127. The number of aliphatic hydroxyl groups is 4. The summed E-state index contributed by atoms with van der Waals surface area (Å²) in [5, 5.41) is 53.4. The van der Waals surface area contributed by atoms with E-state index in [9.17, 15) is 43.6 Å². The van der Waals surface area contributed by atoms with Gasteiger partial charge in [0.1, 0.15) is 29.9 Å². The average molecular weight is 1700 g/mol. The average Bonchev–Trinajstić information content (AvgIpc) is 1.65. The topological polar surface area (TPSA) is 305 Å². The highest BCUT2D eigenvalue weighted by molar-refractivity contribution is 5.82. The molecule has 11 heterocycles. The highest BCUT2D eigenvalue weighted by Crippen LogP contribution is 2.32. The van der Waals surface area contributed by atoms with Crippen molar-refractivity contribution in [1.82, 2.24) is 55.5 Å². The van der Waals surface area contributed by atoms with Gasteiger partial charge < -0.3 is 95.4 Å². The van der Waals surface area contributed by atoms with Gasteiger partial charge in [-0.1, -0.05) is 25.1 Å². The Morgan fingerprint density at radius 2 is 0.618 bits per heavy atom. The molecule has 7 aromatic rings. The fourth-order valence-corrected chi connectivity index (χ4v) is 16.8. The number of aryl methyl sites for hydroxylation is 1. The van der Waals surface area contributed by atoms with Crippen LogP contribution in [0.2, 0.25) is 0 Å². The number of benzene rings is 3. The van der Waals surface area contributed by atoms with Crippen LogP contribution in [0.15, 0.2) is 146 Å². The van der Waals surface area contributed by atoms with E-state index >= 15 is 0 Å². The van der Waals surface area contributed by atoms with Gasteiger partial charge in [0, 0.05) is 160 Å². The highest BCUT2D eigenvalue weighted by Gasteiger charge is 2.38. The number of aromatic nitrogens is 4. The van der Waals surface area contributed by atoms with E-state index in [1.54, 1.807) is 73.3 Å². The molecular weight excluding hydrogens is 1570 g/mol. The first-order chi connectivity index (χ1) is 58.7. The molecule has 3 aromatic carbocycles. The number of halogens is 2. The fourth-order valence-electron chi connectivity index (χ4n) is 16.8. The molecule has 7 aliphatic heterocycles. The van der Waals surface area contributed by atoms with E-state index in [-0.39, 0.29) is 85.0 Å². The maximum Gasteiger partial charge on any atom is 0.225 e. The first-order valence-electron chi connectivity index (χ1n) is 44.3. The number of nitrogens with zero attached hydrogens (tertiary/aromatic N) is 11. The summed E-state index contributed by atoms with van der Waals surface area (Å²) < 4.78 is 48.8. The third-order valence-electron chi connectivity index (χ3n) is 23.4. The minimum absolute atomic E-state index is 0. The number of amides is 3. The molecule has 7 saturated heterocycles. The lowest BCUT2D eigenvalue weighted by atomic mass is 10.0. The van der Waals surface area contributed by atoms with Crippen molar-refractivity contribution in [3.05, 3.63) is 186 Å². The Labute approximate surface area is 727 Å². The second-order valence-electron chi connectivity index (χ2n) is 34.8. The highest BCUT2D eigenvalue weighted by atomic mass is 19.1. The summed E-state index contributed by atoms with van der Waals surface area (Å²) in [5.74, 6) is 1.05. The first kappa shape index (κ1) is 96.0. The van der Waals surface area contributed by atoms with E-state index in [1.165, 1.54) is 42.7 Å². The summed E-state index contributed by atoms with van der Waals surface area (Å²) in [6, 6.07) is 34.0. The van der Waals surface area contributed by atoms with Crippen LogP contribution in [-0.2, 0) is 14.4 Å². The third-order valence-corrected chi connectivity index (χ3v) is 23.4. The number of rotatable bonds is 33. The Morgan fingerprint density at radius 3 is 0.862 bits per heavy atom. The number of pyridine rings is 4. The zero-order chi connectivity index (χ0) is 86.8. The third kappa shape index (κ3) is 29.7. The van der Waals surface area contributed by atoms with Gasteiger partial charge in [-0.25, -0.2) is 28.7 Å². The van der Waals surface area contributed by atoms with Crippen molar-refractivity contribution in [3.63, 3.8) is 0 Å². The number of nitrogens with one attached hydrogen (secondary N) is 3. The van der Waals surface area contributed by atoms with Crippen molar-refractivity contribution < 1.29 is 62.5 Å². The molecule has 0 spiro atoms. The van der Waals surface area contributed by atoms with Gasteiger partial charge in [0.15, 0.2) is 0 Å². The second-order valence-corrected chi connectivity index (χ2v) is 34.8. The Hall–Kier alpha value is -9.23. The maximum absolute atomic E-state index is 13.3. The van der Waals surface area contributed by atoms with Gasteiger partial charge in [-0.3, -0.25) is 14.4 Å². The van der Waals surface area contributed by atoms with Gasteiger partial charge >= 0.3 is 0 Å². The molecule has 4 aromatic heterocycles. The molecule has 0 radical (unpaired) electrons. The molecule has 14 rings (SSSR count). The number of likely N-dealkylation sites (tertiary alicyclic amines) is 4. The summed E-state index contributed by atoms with van der Waals surface area (Å²) in [6.07, 6.45) is 15.0. The number of anilines is 3. The molecule has 11 atom stereocenters.